The fraction of sp³-hybridized carbons (Fsp3) is 0.310. The quantitative estimate of drug-likeness (QED) is 0.419. The minimum absolute atomic E-state index is 0.201. The lowest BCUT2D eigenvalue weighted by atomic mass is 9.85. The number of aliphatic hydroxyl groups excluding tert-OH is 1. The van der Waals surface area contributed by atoms with Gasteiger partial charge in [0.1, 0.15) is 6.04 Å². The van der Waals surface area contributed by atoms with Gasteiger partial charge in [-0.15, -0.1) is 0 Å². The molecule has 0 radical (unpaired) electrons. The van der Waals surface area contributed by atoms with Crippen LogP contribution in [0.1, 0.15) is 12.5 Å². The number of rotatable bonds is 9. The average molecular weight is 502 g/mol. The van der Waals surface area contributed by atoms with Gasteiger partial charge in [0.2, 0.25) is 5.91 Å². The summed E-state index contributed by atoms with van der Waals surface area (Å²) in [6.07, 6.45) is -0.950. The van der Waals surface area contributed by atoms with Crippen molar-refractivity contribution in [1.29, 1.82) is 0 Å². The van der Waals surface area contributed by atoms with Crippen molar-refractivity contribution in [3.63, 3.8) is 0 Å². The van der Waals surface area contributed by atoms with E-state index in [2.05, 4.69) is 16.7 Å². The molecule has 8 nitrogen and oxygen atoms in total. The highest BCUT2D eigenvalue weighted by molar-refractivity contribution is 6.00. The van der Waals surface area contributed by atoms with Crippen molar-refractivity contribution in [2.45, 2.75) is 24.6 Å². The number of nitrogens with one attached hydrogen (secondary N) is 2. The van der Waals surface area contributed by atoms with Crippen molar-refractivity contribution in [1.82, 2.24) is 10.6 Å². The van der Waals surface area contributed by atoms with Crippen LogP contribution in [-0.4, -0.2) is 63.4 Å². The van der Waals surface area contributed by atoms with Gasteiger partial charge in [0.05, 0.1) is 18.2 Å². The third-order valence-corrected chi connectivity index (χ3v) is 6.95. The molecule has 1 aliphatic heterocycles. The first-order chi connectivity index (χ1) is 17.7. The van der Waals surface area contributed by atoms with Crippen LogP contribution in [0.15, 0.2) is 84.9 Å². The maximum absolute atomic E-state index is 13.5. The number of carbonyl (C=O) groups is 2. The molecule has 1 saturated heterocycles. The summed E-state index contributed by atoms with van der Waals surface area (Å²) in [4.78, 5) is 31.6. The van der Waals surface area contributed by atoms with Gasteiger partial charge in [-0.1, -0.05) is 54.6 Å². The van der Waals surface area contributed by atoms with Crippen LogP contribution in [0.4, 0.5) is 21.9 Å². The summed E-state index contributed by atoms with van der Waals surface area (Å²) >= 11 is 0. The van der Waals surface area contributed by atoms with E-state index in [4.69, 9.17) is 0 Å². The van der Waals surface area contributed by atoms with Gasteiger partial charge in [0.25, 0.3) is 0 Å². The Morgan fingerprint density at radius 2 is 1.65 bits per heavy atom. The molecule has 0 spiro atoms. The standard InChI is InChI=1S/C29H35N5O3/c1-29(21-12-7-5-8-13-21,26(35)20-33(4)24-17-11-16-23(18-24)32(2)3)31-27(36)25-19-34(28(37)30-25)22-14-9-6-10-15-22/h5-18,25-26,35H,19-20H2,1-4H3,(H,30,37)(H,31,36)/t25-,26+,29-/m0/s1. The largest absolute Gasteiger partial charge is 0.388 e. The number of aliphatic hydroxyl groups is 1. The number of amides is 3. The van der Waals surface area contributed by atoms with Gasteiger partial charge in [-0.3, -0.25) is 9.69 Å². The van der Waals surface area contributed by atoms with Crippen LogP contribution in [-0.2, 0) is 10.3 Å². The Balaban J connectivity index is 1.54. The first kappa shape index (κ1) is 26.0. The number of benzene rings is 3. The van der Waals surface area contributed by atoms with Gasteiger partial charge >= 0.3 is 6.03 Å². The highest BCUT2D eigenvalue weighted by Gasteiger charge is 2.41. The first-order valence-corrected chi connectivity index (χ1v) is 12.4. The molecular formula is C29H35N5O3. The van der Waals surface area contributed by atoms with Crippen LogP contribution in [0.5, 0.6) is 0 Å². The Hall–Kier alpha value is -4.04. The van der Waals surface area contributed by atoms with Gasteiger partial charge in [-0.2, -0.15) is 0 Å². The maximum Gasteiger partial charge on any atom is 0.322 e. The molecule has 37 heavy (non-hydrogen) atoms. The second kappa shape index (κ2) is 10.9. The molecule has 0 saturated carbocycles. The van der Waals surface area contributed by atoms with Crippen LogP contribution in [0.2, 0.25) is 0 Å². The molecule has 3 N–H and O–H groups in total. The molecule has 1 aliphatic rings. The Kier molecular flexibility index (Phi) is 7.69. The summed E-state index contributed by atoms with van der Waals surface area (Å²) in [5, 5.41) is 17.4. The molecule has 3 amide bonds. The number of urea groups is 1. The molecule has 194 valence electrons. The van der Waals surface area contributed by atoms with E-state index in [0.717, 1.165) is 22.6 Å². The highest BCUT2D eigenvalue weighted by Crippen LogP contribution is 2.28. The molecule has 4 rings (SSSR count). The van der Waals surface area contributed by atoms with E-state index in [1.807, 2.05) is 117 Å². The zero-order valence-electron chi connectivity index (χ0n) is 21.8. The van der Waals surface area contributed by atoms with Crippen LogP contribution in [0.3, 0.4) is 0 Å². The number of anilines is 3. The summed E-state index contributed by atoms with van der Waals surface area (Å²) in [6.45, 7) is 2.29. The van der Waals surface area contributed by atoms with E-state index in [9.17, 15) is 14.7 Å². The Morgan fingerprint density at radius 3 is 2.30 bits per heavy atom. The average Bonchev–Trinajstić information content (AvgIpc) is 3.31. The predicted octanol–water partition coefficient (Wildman–Crippen LogP) is 3.18. The second-order valence-electron chi connectivity index (χ2n) is 9.82. The lowest BCUT2D eigenvalue weighted by Crippen LogP contribution is -2.58. The fourth-order valence-corrected chi connectivity index (χ4v) is 4.55. The first-order valence-electron chi connectivity index (χ1n) is 12.4. The Bertz CT molecular complexity index is 1220. The third-order valence-electron chi connectivity index (χ3n) is 6.95. The SMILES string of the molecule is CN(C)c1cccc(N(C)C[C@@H](O)[C@@](C)(NC(=O)[C@@H]2CN(c3ccccc3)C(=O)N2)c2ccccc2)c1. The number of nitrogens with zero attached hydrogens (tertiary/aromatic N) is 3. The highest BCUT2D eigenvalue weighted by atomic mass is 16.3. The number of para-hydroxylation sites is 1. The van der Waals surface area contributed by atoms with E-state index >= 15 is 0 Å². The molecule has 0 aliphatic carbocycles. The number of hydrogen-bond acceptors (Lipinski definition) is 5. The third kappa shape index (κ3) is 5.70. The minimum Gasteiger partial charge on any atom is -0.388 e. The zero-order valence-corrected chi connectivity index (χ0v) is 21.8. The maximum atomic E-state index is 13.5. The molecular weight excluding hydrogens is 466 g/mol. The van der Waals surface area contributed by atoms with Crippen molar-refractivity contribution in [3.05, 3.63) is 90.5 Å². The van der Waals surface area contributed by atoms with Gasteiger partial charge in [0, 0.05) is 44.7 Å². The fourth-order valence-electron chi connectivity index (χ4n) is 4.55. The van der Waals surface area contributed by atoms with Crippen LogP contribution >= 0.6 is 0 Å². The van der Waals surface area contributed by atoms with E-state index in [1.54, 1.807) is 4.90 Å². The minimum atomic E-state index is -1.10. The van der Waals surface area contributed by atoms with E-state index in [1.165, 1.54) is 0 Å². The van der Waals surface area contributed by atoms with Gasteiger partial charge in [-0.05, 0) is 42.8 Å². The molecule has 1 heterocycles. The van der Waals surface area contributed by atoms with Gasteiger partial charge < -0.3 is 25.5 Å². The van der Waals surface area contributed by atoms with E-state index < -0.39 is 17.7 Å². The lowest BCUT2D eigenvalue weighted by molar-refractivity contribution is -0.126. The van der Waals surface area contributed by atoms with Crippen molar-refractivity contribution in [3.8, 4) is 0 Å². The molecule has 0 unspecified atom stereocenters. The molecule has 3 aromatic carbocycles. The molecule has 3 aromatic rings. The second-order valence-corrected chi connectivity index (χ2v) is 9.82. The monoisotopic (exact) mass is 501 g/mol. The number of likely N-dealkylation sites (N-methyl/N-ethyl adjacent to an activating group) is 1. The topological polar surface area (TPSA) is 88.2 Å². The summed E-state index contributed by atoms with van der Waals surface area (Å²) < 4.78 is 0. The number of carbonyl (C=O) groups excluding carboxylic acids is 2. The number of hydrogen-bond donors (Lipinski definition) is 3. The molecule has 3 atom stereocenters. The van der Waals surface area contributed by atoms with Crippen molar-refractivity contribution in [2.75, 3.05) is 48.9 Å². The molecule has 0 bridgehead atoms. The zero-order chi connectivity index (χ0) is 26.6. The van der Waals surface area contributed by atoms with E-state index in [-0.39, 0.29) is 25.0 Å². The van der Waals surface area contributed by atoms with E-state index in [0.29, 0.717) is 0 Å². The predicted molar refractivity (Wildman–Crippen MR) is 148 cm³/mol. The normalized spacial score (nSPS) is 17.5. The van der Waals surface area contributed by atoms with Crippen LogP contribution in [0.25, 0.3) is 0 Å². The van der Waals surface area contributed by atoms with Crippen molar-refractivity contribution in [2.24, 2.45) is 0 Å². The Labute approximate surface area is 218 Å². The summed E-state index contributed by atoms with van der Waals surface area (Å²) in [5.74, 6) is -0.352. The van der Waals surface area contributed by atoms with Crippen LogP contribution < -0.4 is 25.3 Å². The molecule has 0 aromatic heterocycles. The lowest BCUT2D eigenvalue weighted by Gasteiger charge is -2.39. The van der Waals surface area contributed by atoms with Crippen molar-refractivity contribution < 1.29 is 14.7 Å². The summed E-state index contributed by atoms with van der Waals surface area (Å²) in [5.41, 5.74) is 2.40. The van der Waals surface area contributed by atoms with Crippen molar-refractivity contribution >= 4 is 29.0 Å². The van der Waals surface area contributed by atoms with Gasteiger partial charge in [0.15, 0.2) is 0 Å². The van der Waals surface area contributed by atoms with Crippen LogP contribution in [0, 0.1) is 0 Å². The Morgan fingerprint density at radius 1 is 1.03 bits per heavy atom. The summed E-state index contributed by atoms with van der Waals surface area (Å²) in [6, 6.07) is 25.6. The molecule has 8 heteroatoms. The van der Waals surface area contributed by atoms with Gasteiger partial charge in [-0.25, -0.2) is 4.79 Å². The smallest absolute Gasteiger partial charge is 0.322 e. The molecule has 1 fully saturated rings. The summed E-state index contributed by atoms with van der Waals surface area (Å²) in [7, 11) is 5.88.